The summed E-state index contributed by atoms with van der Waals surface area (Å²) in [5.74, 6) is 4.01. The van der Waals surface area contributed by atoms with Crippen LogP contribution in [0.5, 0.6) is 0 Å². The summed E-state index contributed by atoms with van der Waals surface area (Å²) >= 11 is 0. The van der Waals surface area contributed by atoms with Gasteiger partial charge in [-0.3, -0.25) is 0 Å². The summed E-state index contributed by atoms with van der Waals surface area (Å²) in [7, 11) is 0. The quantitative estimate of drug-likeness (QED) is 0.577. The Balaban J connectivity index is 1.84. The van der Waals surface area contributed by atoms with Gasteiger partial charge in [-0.05, 0) is 70.0 Å². The molecule has 0 aromatic heterocycles. The van der Waals surface area contributed by atoms with Crippen molar-refractivity contribution in [3.8, 4) is 0 Å². The van der Waals surface area contributed by atoms with E-state index in [2.05, 4.69) is 41.5 Å². The topological polar surface area (TPSA) is 0 Å². The summed E-state index contributed by atoms with van der Waals surface area (Å²) in [5.41, 5.74) is 3.58. The highest BCUT2D eigenvalue weighted by Crippen LogP contribution is 3.08. The van der Waals surface area contributed by atoms with Crippen LogP contribution in [0.3, 0.4) is 0 Å². The Labute approximate surface area is 112 Å². The minimum absolute atomic E-state index is 0.638. The number of rotatable bonds is 0. The third kappa shape index (κ3) is 0.523. The first-order chi connectivity index (χ1) is 8.23. The Kier molecular flexibility index (Phi) is 1.28. The van der Waals surface area contributed by atoms with Gasteiger partial charge in [-0.25, -0.2) is 0 Å². The normalized spacial score (nSPS) is 82.3. The largest absolute Gasteiger partial charge is 0.0619 e. The van der Waals surface area contributed by atoms with Crippen LogP contribution in [0.25, 0.3) is 0 Å². The van der Waals surface area contributed by atoms with Gasteiger partial charge in [0.15, 0.2) is 0 Å². The van der Waals surface area contributed by atoms with E-state index in [1.165, 1.54) is 0 Å². The van der Waals surface area contributed by atoms with Crippen molar-refractivity contribution in [2.45, 2.75) is 60.8 Å². The maximum atomic E-state index is 2.72. The smallest absolute Gasteiger partial charge is 0.0131 e. The molecular weight excluding hydrogens is 216 g/mol. The molecule has 7 saturated carbocycles. The van der Waals surface area contributed by atoms with Crippen LogP contribution in [0.4, 0.5) is 0 Å². The zero-order valence-corrected chi connectivity index (χ0v) is 12.9. The fourth-order valence-electron chi connectivity index (χ4n) is 9.65. The Morgan fingerprint density at radius 3 is 2.22 bits per heavy atom. The second kappa shape index (κ2) is 2.15. The summed E-state index contributed by atoms with van der Waals surface area (Å²) < 4.78 is 0. The molecule has 7 aliphatic carbocycles. The first-order valence-electron chi connectivity index (χ1n) is 8.23. The van der Waals surface area contributed by atoms with Gasteiger partial charge in [-0.1, -0.05) is 41.5 Å². The standard InChI is InChI=1S/C18H28/c1-10-7-17-8-15(5)12(3)11(2)13(17)18(17)9-14(10,4)16(15,18)6/h10-13H,7-9H2,1-6H3. The van der Waals surface area contributed by atoms with Crippen LogP contribution < -0.4 is 0 Å². The molecule has 0 radical (unpaired) electrons. The molecule has 18 heavy (non-hydrogen) atoms. The fourth-order valence-corrected chi connectivity index (χ4v) is 9.65. The van der Waals surface area contributed by atoms with Crippen LogP contribution in [0.2, 0.25) is 0 Å². The minimum atomic E-state index is 0.638. The maximum Gasteiger partial charge on any atom is -0.0131 e. The molecule has 0 heteroatoms. The zero-order chi connectivity index (χ0) is 12.9. The summed E-state index contributed by atoms with van der Waals surface area (Å²) in [6, 6.07) is 0. The molecule has 0 amide bonds. The highest BCUT2D eigenvalue weighted by molar-refractivity contribution is 5.50. The molecule has 7 fully saturated rings. The molecule has 0 saturated heterocycles. The molecule has 0 heterocycles. The van der Waals surface area contributed by atoms with E-state index in [0.29, 0.717) is 16.2 Å². The van der Waals surface area contributed by atoms with Gasteiger partial charge >= 0.3 is 0 Å². The second-order valence-corrected chi connectivity index (χ2v) is 9.67. The van der Waals surface area contributed by atoms with Crippen molar-refractivity contribution in [2.24, 2.45) is 50.7 Å². The zero-order valence-electron chi connectivity index (χ0n) is 12.9. The third-order valence-electron chi connectivity index (χ3n) is 10.5. The maximum absolute atomic E-state index is 2.72. The molecule has 9 unspecified atom stereocenters. The highest BCUT2D eigenvalue weighted by atomic mass is 15.1. The summed E-state index contributed by atoms with van der Waals surface area (Å²) in [4.78, 5) is 0. The van der Waals surface area contributed by atoms with Crippen molar-refractivity contribution in [1.29, 1.82) is 0 Å². The Morgan fingerprint density at radius 1 is 0.889 bits per heavy atom. The van der Waals surface area contributed by atoms with Crippen molar-refractivity contribution in [3.05, 3.63) is 0 Å². The van der Waals surface area contributed by atoms with Gasteiger partial charge in [0, 0.05) is 0 Å². The summed E-state index contributed by atoms with van der Waals surface area (Å²) in [5, 5.41) is 0. The Morgan fingerprint density at radius 2 is 1.56 bits per heavy atom. The van der Waals surface area contributed by atoms with E-state index in [1.54, 1.807) is 19.3 Å². The predicted molar refractivity (Wildman–Crippen MR) is 74.0 cm³/mol. The number of hydrogen-bond acceptors (Lipinski definition) is 0. The summed E-state index contributed by atoms with van der Waals surface area (Å²) in [6.45, 7) is 15.8. The molecule has 100 valence electrons. The van der Waals surface area contributed by atoms with Crippen molar-refractivity contribution in [1.82, 2.24) is 0 Å². The minimum Gasteiger partial charge on any atom is -0.0619 e. The van der Waals surface area contributed by atoms with Crippen LogP contribution in [-0.2, 0) is 0 Å². The van der Waals surface area contributed by atoms with E-state index in [1.807, 2.05) is 0 Å². The van der Waals surface area contributed by atoms with E-state index in [4.69, 9.17) is 0 Å². The first kappa shape index (κ1) is 10.7. The van der Waals surface area contributed by atoms with Crippen LogP contribution in [0.1, 0.15) is 60.8 Å². The van der Waals surface area contributed by atoms with Crippen LogP contribution >= 0.6 is 0 Å². The lowest BCUT2D eigenvalue weighted by molar-refractivity contribution is -0.277. The Hall–Kier alpha value is 0. The lowest BCUT2D eigenvalue weighted by Gasteiger charge is -2.75. The fraction of sp³-hybridized carbons (Fsp3) is 1.00. The number of hydrogen-bond donors (Lipinski definition) is 0. The second-order valence-electron chi connectivity index (χ2n) is 9.67. The molecule has 0 nitrogen and oxygen atoms in total. The van der Waals surface area contributed by atoms with E-state index >= 15 is 0 Å². The lowest BCUT2D eigenvalue weighted by Crippen LogP contribution is -2.70. The lowest BCUT2D eigenvalue weighted by atomic mass is 9.29. The van der Waals surface area contributed by atoms with Gasteiger partial charge in [0.2, 0.25) is 0 Å². The van der Waals surface area contributed by atoms with Crippen molar-refractivity contribution in [3.63, 3.8) is 0 Å². The van der Waals surface area contributed by atoms with Gasteiger partial charge < -0.3 is 0 Å². The molecule has 0 aromatic carbocycles. The van der Waals surface area contributed by atoms with Crippen molar-refractivity contribution in [2.75, 3.05) is 0 Å². The molecule has 6 bridgehead atoms. The predicted octanol–water partition coefficient (Wildman–Crippen LogP) is 4.74. The van der Waals surface area contributed by atoms with E-state index in [0.717, 1.165) is 34.5 Å². The number of fused-ring (bicyclic) bond motifs is 2. The van der Waals surface area contributed by atoms with Crippen LogP contribution in [0.15, 0.2) is 0 Å². The van der Waals surface area contributed by atoms with Crippen LogP contribution in [-0.4, -0.2) is 0 Å². The monoisotopic (exact) mass is 244 g/mol. The van der Waals surface area contributed by atoms with Gasteiger partial charge in [0.1, 0.15) is 0 Å². The molecule has 0 N–H and O–H groups in total. The Bertz CT molecular complexity index is 494. The van der Waals surface area contributed by atoms with Gasteiger partial charge in [0.05, 0.1) is 0 Å². The molecular formula is C18H28. The van der Waals surface area contributed by atoms with Gasteiger partial charge in [-0.15, -0.1) is 0 Å². The first-order valence-corrected chi connectivity index (χ1v) is 8.23. The average molecular weight is 244 g/mol. The van der Waals surface area contributed by atoms with E-state index < -0.39 is 0 Å². The van der Waals surface area contributed by atoms with Crippen molar-refractivity contribution >= 4 is 0 Å². The van der Waals surface area contributed by atoms with E-state index in [9.17, 15) is 0 Å². The average Bonchev–Trinajstić information content (AvgIpc) is 2.86. The SMILES string of the molecule is CC1C(C)C2(C)CC34CC(C)C5(C)CC3(C14)C52C. The molecule has 2 spiro atoms. The van der Waals surface area contributed by atoms with Gasteiger partial charge in [-0.2, -0.15) is 0 Å². The molecule has 7 aliphatic rings. The molecule has 0 aliphatic heterocycles. The van der Waals surface area contributed by atoms with Crippen LogP contribution in [0, 0.1) is 50.7 Å². The summed E-state index contributed by atoms with van der Waals surface area (Å²) in [6.07, 6.45) is 4.72. The molecule has 7 rings (SSSR count). The van der Waals surface area contributed by atoms with Gasteiger partial charge in [0.25, 0.3) is 0 Å². The third-order valence-corrected chi connectivity index (χ3v) is 10.5. The van der Waals surface area contributed by atoms with E-state index in [-0.39, 0.29) is 0 Å². The molecule has 0 aromatic rings. The van der Waals surface area contributed by atoms with Crippen molar-refractivity contribution < 1.29 is 0 Å². The highest BCUT2D eigenvalue weighted by Gasteiger charge is 3.03. The molecule has 9 atom stereocenters.